The maximum atomic E-state index is 12.7. The molecule has 0 unspecified atom stereocenters. The van der Waals surface area contributed by atoms with Gasteiger partial charge in [0.1, 0.15) is 0 Å². The molecule has 0 spiro atoms. The van der Waals surface area contributed by atoms with Crippen LogP contribution in [0.4, 0.5) is 5.69 Å². The van der Waals surface area contributed by atoms with E-state index in [1.165, 1.54) is 12.1 Å². The number of nitrogens with one attached hydrogen (secondary N) is 3. The number of anilines is 1. The summed E-state index contributed by atoms with van der Waals surface area (Å²) in [7, 11) is -3.65. The lowest BCUT2D eigenvalue weighted by Gasteiger charge is -2.11. The van der Waals surface area contributed by atoms with Crippen LogP contribution in [-0.4, -0.2) is 25.4 Å². The Morgan fingerprint density at radius 1 is 1.19 bits per heavy atom. The molecule has 1 heterocycles. The third-order valence-corrected chi connectivity index (χ3v) is 5.86. The van der Waals surface area contributed by atoms with Crippen LogP contribution in [0.5, 0.6) is 0 Å². The maximum absolute atomic E-state index is 12.7. The highest BCUT2D eigenvalue weighted by molar-refractivity contribution is 7.89. The van der Waals surface area contributed by atoms with Gasteiger partial charge in [0.05, 0.1) is 10.4 Å². The molecule has 1 aliphatic carbocycles. The molecule has 2 aromatic carbocycles. The number of carbonyl (C=O) groups is 1. The number of hydrogen-bond acceptors (Lipinski definition) is 5. The molecule has 1 amide bonds. The summed E-state index contributed by atoms with van der Waals surface area (Å²) >= 11 is 0. The second-order valence-corrected chi connectivity index (χ2v) is 8.27. The van der Waals surface area contributed by atoms with Crippen LogP contribution in [0.15, 0.2) is 50.5 Å². The van der Waals surface area contributed by atoms with E-state index in [0.29, 0.717) is 22.4 Å². The van der Waals surface area contributed by atoms with Crippen LogP contribution in [0, 0.1) is 6.92 Å². The number of H-pyrrole nitrogens is 1. The first-order valence-electron chi connectivity index (χ1n) is 8.39. The van der Waals surface area contributed by atoms with Gasteiger partial charge in [-0.25, -0.2) is 17.9 Å². The number of amides is 1. The summed E-state index contributed by atoms with van der Waals surface area (Å²) in [5, 5.41) is 2.71. The third-order valence-electron chi connectivity index (χ3n) is 4.34. The van der Waals surface area contributed by atoms with Gasteiger partial charge in [0.2, 0.25) is 10.0 Å². The fraction of sp³-hybridized carbons (Fsp3) is 0.222. The Hall–Kier alpha value is -2.91. The summed E-state index contributed by atoms with van der Waals surface area (Å²) in [6, 6.07) is 9.18. The van der Waals surface area contributed by atoms with E-state index in [-0.39, 0.29) is 16.5 Å². The Morgan fingerprint density at radius 3 is 2.70 bits per heavy atom. The number of aryl methyl sites for hydroxylation is 1. The molecular formula is C18H17N3O5S. The standard InChI is InChI=1S/C18H17N3O5S/c1-10-2-6-13(27(24,25)21-11-3-4-11)9-14(10)17(22)19-12-5-7-16-15(8-12)20-18(23)26-16/h2,5-9,11,21H,3-4H2,1H3,(H,19,22)(H,20,23). The predicted octanol–water partition coefficient (Wildman–Crippen LogP) is 2.12. The Morgan fingerprint density at radius 2 is 1.96 bits per heavy atom. The summed E-state index contributed by atoms with van der Waals surface area (Å²) in [4.78, 5) is 26.5. The van der Waals surface area contributed by atoms with Gasteiger partial charge in [0.25, 0.3) is 5.91 Å². The predicted molar refractivity (Wildman–Crippen MR) is 99.3 cm³/mol. The van der Waals surface area contributed by atoms with E-state index in [9.17, 15) is 18.0 Å². The lowest BCUT2D eigenvalue weighted by atomic mass is 10.1. The van der Waals surface area contributed by atoms with Crippen LogP contribution in [0.3, 0.4) is 0 Å². The highest BCUT2D eigenvalue weighted by Crippen LogP contribution is 2.24. The quantitative estimate of drug-likeness (QED) is 0.619. The van der Waals surface area contributed by atoms with Crippen molar-refractivity contribution in [3.8, 4) is 0 Å². The monoisotopic (exact) mass is 387 g/mol. The van der Waals surface area contributed by atoms with E-state index >= 15 is 0 Å². The van der Waals surface area contributed by atoms with Crippen LogP contribution >= 0.6 is 0 Å². The summed E-state index contributed by atoms with van der Waals surface area (Å²) in [5.74, 6) is -1.02. The molecule has 0 atom stereocenters. The van der Waals surface area contributed by atoms with Crippen molar-refractivity contribution in [3.05, 3.63) is 58.1 Å². The van der Waals surface area contributed by atoms with Crippen LogP contribution in [-0.2, 0) is 10.0 Å². The van der Waals surface area contributed by atoms with Gasteiger partial charge < -0.3 is 9.73 Å². The Labute approximate surface area is 154 Å². The van der Waals surface area contributed by atoms with Crippen LogP contribution in [0.25, 0.3) is 11.1 Å². The van der Waals surface area contributed by atoms with E-state index in [1.807, 2.05) is 0 Å². The number of benzene rings is 2. The lowest BCUT2D eigenvalue weighted by molar-refractivity contribution is 0.102. The molecule has 9 heteroatoms. The molecule has 3 N–H and O–H groups in total. The summed E-state index contributed by atoms with van der Waals surface area (Å²) in [6.07, 6.45) is 1.66. The number of aromatic nitrogens is 1. The first-order chi connectivity index (χ1) is 12.8. The zero-order valence-corrected chi connectivity index (χ0v) is 15.2. The van der Waals surface area contributed by atoms with Crippen molar-refractivity contribution in [3.63, 3.8) is 0 Å². The molecule has 0 aliphatic heterocycles. The second kappa shape index (κ2) is 6.36. The normalized spacial score (nSPS) is 14.4. The van der Waals surface area contributed by atoms with Gasteiger partial charge in [-0.1, -0.05) is 6.07 Å². The van der Waals surface area contributed by atoms with E-state index in [1.54, 1.807) is 31.2 Å². The van der Waals surface area contributed by atoms with Crippen molar-refractivity contribution in [2.24, 2.45) is 0 Å². The molecular weight excluding hydrogens is 370 g/mol. The van der Waals surface area contributed by atoms with Gasteiger partial charge in [-0.3, -0.25) is 9.78 Å². The van der Waals surface area contributed by atoms with Gasteiger partial charge in [-0.2, -0.15) is 0 Å². The average Bonchev–Trinajstić information content (AvgIpc) is 3.32. The smallest absolute Gasteiger partial charge is 0.408 e. The molecule has 27 heavy (non-hydrogen) atoms. The molecule has 1 fully saturated rings. The van der Waals surface area contributed by atoms with Gasteiger partial charge in [-0.05, 0) is 55.7 Å². The number of rotatable bonds is 5. The lowest BCUT2D eigenvalue weighted by Crippen LogP contribution is -2.26. The molecule has 4 rings (SSSR count). The molecule has 8 nitrogen and oxygen atoms in total. The van der Waals surface area contributed by atoms with E-state index < -0.39 is 21.7 Å². The van der Waals surface area contributed by atoms with Gasteiger partial charge in [0, 0.05) is 17.3 Å². The van der Waals surface area contributed by atoms with Crippen molar-refractivity contribution in [1.82, 2.24) is 9.71 Å². The zero-order chi connectivity index (χ0) is 19.2. The van der Waals surface area contributed by atoms with Gasteiger partial charge in [-0.15, -0.1) is 0 Å². The minimum absolute atomic E-state index is 0.0163. The first kappa shape index (κ1) is 17.5. The highest BCUT2D eigenvalue weighted by atomic mass is 32.2. The van der Waals surface area contributed by atoms with E-state index in [2.05, 4.69) is 15.0 Å². The zero-order valence-electron chi connectivity index (χ0n) is 14.4. The highest BCUT2D eigenvalue weighted by Gasteiger charge is 2.28. The number of fused-ring (bicyclic) bond motifs is 1. The molecule has 0 bridgehead atoms. The third kappa shape index (κ3) is 3.64. The topological polar surface area (TPSA) is 121 Å². The van der Waals surface area contributed by atoms with Crippen LogP contribution < -0.4 is 15.8 Å². The molecule has 0 radical (unpaired) electrons. The second-order valence-electron chi connectivity index (χ2n) is 6.55. The molecule has 1 saturated carbocycles. The number of oxazole rings is 1. The summed E-state index contributed by atoms with van der Waals surface area (Å²) in [6.45, 7) is 1.73. The number of carbonyl (C=O) groups excluding carboxylic acids is 1. The average molecular weight is 387 g/mol. The van der Waals surface area contributed by atoms with Crippen molar-refractivity contribution in [2.45, 2.75) is 30.7 Å². The van der Waals surface area contributed by atoms with E-state index in [0.717, 1.165) is 12.8 Å². The molecule has 1 aliphatic rings. The minimum atomic E-state index is -3.65. The van der Waals surface area contributed by atoms with Crippen LogP contribution in [0.2, 0.25) is 0 Å². The van der Waals surface area contributed by atoms with Gasteiger partial charge >= 0.3 is 5.76 Å². The molecule has 140 valence electrons. The van der Waals surface area contributed by atoms with E-state index in [4.69, 9.17) is 4.42 Å². The Balaban J connectivity index is 1.61. The Kier molecular flexibility index (Phi) is 4.12. The number of sulfonamides is 1. The summed E-state index contributed by atoms with van der Waals surface area (Å²) < 4.78 is 32.3. The van der Waals surface area contributed by atoms with Crippen molar-refractivity contribution >= 4 is 32.7 Å². The SMILES string of the molecule is Cc1ccc(S(=O)(=O)NC2CC2)cc1C(=O)Nc1ccc2oc(=O)[nH]c2c1. The van der Waals surface area contributed by atoms with Crippen LogP contribution in [0.1, 0.15) is 28.8 Å². The fourth-order valence-electron chi connectivity index (χ4n) is 2.73. The molecule has 0 saturated heterocycles. The van der Waals surface area contributed by atoms with Crippen molar-refractivity contribution < 1.29 is 17.6 Å². The molecule has 1 aromatic heterocycles. The minimum Gasteiger partial charge on any atom is -0.408 e. The first-order valence-corrected chi connectivity index (χ1v) is 9.87. The number of aromatic amines is 1. The number of hydrogen-bond donors (Lipinski definition) is 3. The maximum Gasteiger partial charge on any atom is 0.417 e. The van der Waals surface area contributed by atoms with Crippen molar-refractivity contribution in [1.29, 1.82) is 0 Å². The van der Waals surface area contributed by atoms with Gasteiger partial charge in [0.15, 0.2) is 5.58 Å². The Bertz CT molecular complexity index is 1210. The fourth-order valence-corrected chi connectivity index (χ4v) is 4.06. The largest absolute Gasteiger partial charge is 0.417 e. The van der Waals surface area contributed by atoms with Crippen molar-refractivity contribution in [2.75, 3.05) is 5.32 Å². The summed E-state index contributed by atoms with van der Waals surface area (Å²) in [5.41, 5.74) is 2.20. The molecule has 3 aromatic rings.